The van der Waals surface area contributed by atoms with Crippen LogP contribution < -0.4 is 4.90 Å². The van der Waals surface area contributed by atoms with Crippen molar-refractivity contribution in [1.29, 1.82) is 0 Å². The van der Waals surface area contributed by atoms with Gasteiger partial charge in [-0.2, -0.15) is 0 Å². The summed E-state index contributed by atoms with van der Waals surface area (Å²) in [7, 11) is 0. The van der Waals surface area contributed by atoms with E-state index in [1.165, 1.54) is 28.0 Å². The lowest BCUT2D eigenvalue weighted by atomic mass is 10.1. The monoisotopic (exact) mass is 395 g/mol. The van der Waals surface area contributed by atoms with Crippen molar-refractivity contribution in [2.24, 2.45) is 0 Å². The number of nitrogens with zero attached hydrogens (tertiary/aromatic N) is 1. The largest absolute Gasteiger partial charge is 0.468 e. The van der Waals surface area contributed by atoms with Gasteiger partial charge in [0.15, 0.2) is 0 Å². The lowest BCUT2D eigenvalue weighted by molar-refractivity contribution is -0.119. The minimum absolute atomic E-state index is 0.266. The molecule has 0 bridgehead atoms. The molecule has 0 spiro atoms. The number of benzene rings is 1. The molecule has 4 rings (SSSR count). The van der Waals surface area contributed by atoms with Crippen LogP contribution >= 0.6 is 23.1 Å². The van der Waals surface area contributed by atoms with Gasteiger partial charge in [-0.25, -0.2) is 4.90 Å². The number of thioether (sulfide) groups is 1. The van der Waals surface area contributed by atoms with E-state index in [1.807, 2.05) is 61.7 Å². The van der Waals surface area contributed by atoms with Gasteiger partial charge < -0.3 is 4.42 Å². The second-order valence-electron chi connectivity index (χ2n) is 6.29. The zero-order valence-electron chi connectivity index (χ0n) is 14.9. The molecule has 1 aliphatic rings. The third kappa shape index (κ3) is 3.26. The van der Waals surface area contributed by atoms with Crippen LogP contribution in [0.25, 0.3) is 5.57 Å². The van der Waals surface area contributed by atoms with Crippen molar-refractivity contribution in [3.63, 3.8) is 0 Å². The van der Waals surface area contributed by atoms with E-state index in [0.29, 0.717) is 21.9 Å². The summed E-state index contributed by atoms with van der Waals surface area (Å²) in [5.41, 5.74) is 3.02. The van der Waals surface area contributed by atoms with Gasteiger partial charge in [0.25, 0.3) is 11.8 Å². The molecule has 0 unspecified atom stereocenters. The number of rotatable bonds is 5. The summed E-state index contributed by atoms with van der Waals surface area (Å²) in [6, 6.07) is 13.2. The zero-order valence-corrected chi connectivity index (χ0v) is 16.5. The molecule has 4 nitrogen and oxygen atoms in total. The van der Waals surface area contributed by atoms with Gasteiger partial charge in [-0.05, 0) is 54.6 Å². The first kappa shape index (κ1) is 17.8. The highest BCUT2D eigenvalue weighted by Crippen LogP contribution is 2.41. The molecule has 0 radical (unpaired) electrons. The summed E-state index contributed by atoms with van der Waals surface area (Å²) in [5, 5.41) is 1.91. The number of hydrogen-bond donors (Lipinski definition) is 0. The Kier molecular flexibility index (Phi) is 4.76. The van der Waals surface area contributed by atoms with E-state index in [-0.39, 0.29) is 11.8 Å². The highest BCUT2D eigenvalue weighted by Gasteiger charge is 2.41. The van der Waals surface area contributed by atoms with Crippen molar-refractivity contribution in [1.82, 2.24) is 0 Å². The van der Waals surface area contributed by atoms with E-state index in [1.54, 1.807) is 6.26 Å². The quantitative estimate of drug-likeness (QED) is 0.559. The Hall–Kier alpha value is -2.57. The number of imide groups is 1. The molecular formula is C21H17NO3S2. The molecule has 27 heavy (non-hydrogen) atoms. The Morgan fingerprint density at radius 2 is 1.93 bits per heavy atom. The van der Waals surface area contributed by atoms with Crippen molar-refractivity contribution in [3.8, 4) is 0 Å². The molecule has 2 amide bonds. The van der Waals surface area contributed by atoms with E-state index >= 15 is 0 Å². The van der Waals surface area contributed by atoms with E-state index in [9.17, 15) is 9.59 Å². The number of carbonyl (C=O) groups excluding carboxylic acids is 2. The Morgan fingerprint density at radius 3 is 2.63 bits per heavy atom. The molecule has 0 N–H and O–H groups in total. The van der Waals surface area contributed by atoms with Gasteiger partial charge in [-0.3, -0.25) is 9.59 Å². The standard InChI is InChI=1S/C21H17NO3S2/c1-13-7-8-14(2)16(11-13)22-20(23)18(17-6-4-10-26-17)19(21(22)24)27-12-15-5-3-9-25-15/h3-11H,12H2,1-2H3. The van der Waals surface area contributed by atoms with Gasteiger partial charge >= 0.3 is 0 Å². The van der Waals surface area contributed by atoms with Crippen LogP contribution in [0.4, 0.5) is 5.69 Å². The Bertz CT molecular complexity index is 1030. The van der Waals surface area contributed by atoms with Crippen molar-refractivity contribution in [2.75, 3.05) is 4.90 Å². The number of carbonyl (C=O) groups is 2. The SMILES string of the molecule is Cc1ccc(C)c(N2C(=O)C(SCc3ccco3)=C(c3cccs3)C2=O)c1. The number of anilines is 1. The van der Waals surface area contributed by atoms with Gasteiger partial charge in [0.05, 0.1) is 28.2 Å². The number of furan rings is 1. The molecule has 0 fully saturated rings. The van der Waals surface area contributed by atoms with Gasteiger partial charge in [0.1, 0.15) is 5.76 Å². The molecule has 0 saturated heterocycles. The number of hydrogen-bond acceptors (Lipinski definition) is 5. The Labute approximate surface area is 165 Å². The second kappa shape index (κ2) is 7.21. The molecule has 3 aromatic rings. The summed E-state index contributed by atoms with van der Waals surface area (Å²) in [6.45, 7) is 3.86. The van der Waals surface area contributed by atoms with Crippen LogP contribution in [0.3, 0.4) is 0 Å². The summed E-state index contributed by atoms with van der Waals surface area (Å²) < 4.78 is 5.38. The second-order valence-corrected chi connectivity index (χ2v) is 8.22. The maximum absolute atomic E-state index is 13.3. The number of amides is 2. The molecule has 0 aliphatic carbocycles. The van der Waals surface area contributed by atoms with Gasteiger partial charge in [-0.1, -0.05) is 18.2 Å². The van der Waals surface area contributed by atoms with Crippen LogP contribution in [0, 0.1) is 13.8 Å². The molecular weight excluding hydrogens is 378 g/mol. The smallest absolute Gasteiger partial charge is 0.272 e. The lowest BCUT2D eigenvalue weighted by Crippen LogP contribution is -2.32. The van der Waals surface area contributed by atoms with Gasteiger partial charge in [0.2, 0.25) is 0 Å². The number of aryl methyl sites for hydroxylation is 2. The minimum atomic E-state index is -0.270. The van der Waals surface area contributed by atoms with E-state index in [2.05, 4.69) is 0 Å². The fraction of sp³-hybridized carbons (Fsp3) is 0.143. The molecule has 1 aromatic carbocycles. The summed E-state index contributed by atoms with van der Waals surface area (Å²) >= 11 is 2.81. The molecule has 6 heteroatoms. The van der Waals surface area contributed by atoms with Crippen molar-refractivity contribution in [2.45, 2.75) is 19.6 Å². The van der Waals surface area contributed by atoms with E-state index in [0.717, 1.165) is 21.8 Å². The Balaban J connectivity index is 1.76. The van der Waals surface area contributed by atoms with Crippen LogP contribution in [0.1, 0.15) is 21.8 Å². The highest BCUT2D eigenvalue weighted by atomic mass is 32.2. The first-order valence-electron chi connectivity index (χ1n) is 8.45. The molecule has 1 aliphatic heterocycles. The third-order valence-corrected chi connectivity index (χ3v) is 6.34. The van der Waals surface area contributed by atoms with Crippen LogP contribution in [0.15, 0.2) is 63.4 Å². The molecule has 0 atom stereocenters. The molecule has 2 aromatic heterocycles. The topological polar surface area (TPSA) is 50.5 Å². The van der Waals surface area contributed by atoms with Crippen molar-refractivity contribution in [3.05, 3.63) is 80.8 Å². The molecule has 136 valence electrons. The molecule has 3 heterocycles. The van der Waals surface area contributed by atoms with Crippen molar-refractivity contribution < 1.29 is 14.0 Å². The summed E-state index contributed by atoms with van der Waals surface area (Å²) in [4.78, 5) is 29.1. The van der Waals surface area contributed by atoms with Gasteiger partial charge in [-0.15, -0.1) is 23.1 Å². The molecule has 0 saturated carbocycles. The Morgan fingerprint density at radius 1 is 1.07 bits per heavy atom. The zero-order chi connectivity index (χ0) is 19.0. The summed E-state index contributed by atoms with van der Waals surface area (Å²) in [5.74, 6) is 0.729. The first-order valence-corrected chi connectivity index (χ1v) is 10.3. The first-order chi connectivity index (χ1) is 13.1. The third-order valence-electron chi connectivity index (χ3n) is 4.35. The average molecular weight is 396 g/mol. The maximum atomic E-state index is 13.3. The predicted octanol–water partition coefficient (Wildman–Crippen LogP) is 5.18. The van der Waals surface area contributed by atoms with Crippen LogP contribution in [0.2, 0.25) is 0 Å². The van der Waals surface area contributed by atoms with E-state index in [4.69, 9.17) is 4.42 Å². The van der Waals surface area contributed by atoms with Crippen LogP contribution in [-0.4, -0.2) is 11.8 Å². The maximum Gasteiger partial charge on any atom is 0.272 e. The van der Waals surface area contributed by atoms with Crippen LogP contribution in [-0.2, 0) is 15.3 Å². The summed E-state index contributed by atoms with van der Waals surface area (Å²) in [6.07, 6.45) is 1.61. The minimum Gasteiger partial charge on any atom is -0.468 e. The fourth-order valence-corrected chi connectivity index (χ4v) is 4.84. The fourth-order valence-electron chi connectivity index (χ4n) is 3.00. The van der Waals surface area contributed by atoms with Crippen LogP contribution in [0.5, 0.6) is 0 Å². The average Bonchev–Trinajstić information content (AvgIpc) is 3.38. The predicted molar refractivity (Wildman–Crippen MR) is 110 cm³/mol. The lowest BCUT2D eigenvalue weighted by Gasteiger charge is -2.18. The van der Waals surface area contributed by atoms with Crippen molar-refractivity contribution >= 4 is 46.2 Å². The highest BCUT2D eigenvalue weighted by molar-refractivity contribution is 8.03. The van der Waals surface area contributed by atoms with Gasteiger partial charge in [0, 0.05) is 4.88 Å². The van der Waals surface area contributed by atoms with E-state index < -0.39 is 0 Å². The number of thiophene rings is 1. The normalized spacial score (nSPS) is 14.5.